The van der Waals surface area contributed by atoms with E-state index in [2.05, 4.69) is 15.3 Å². The minimum absolute atomic E-state index is 0.0820. The van der Waals surface area contributed by atoms with Crippen LogP contribution in [-0.2, 0) is 7.05 Å². The number of aliphatic hydroxyl groups is 1. The zero-order valence-corrected chi connectivity index (χ0v) is 9.85. The van der Waals surface area contributed by atoms with E-state index in [0.29, 0.717) is 0 Å². The van der Waals surface area contributed by atoms with E-state index in [1.54, 1.807) is 12.5 Å². The maximum Gasteiger partial charge on any atom is 0.154 e. The minimum atomic E-state index is 0.0820. The largest absolute Gasteiger partial charge is 0.396 e. The molecule has 3 rings (SSSR count). The molecule has 90 valence electrons. The maximum absolute atomic E-state index is 9.27. The third-order valence-corrected chi connectivity index (χ3v) is 3.57. The molecular weight excluding hydrogens is 216 g/mol. The molecule has 0 spiro atoms. The number of hydrogen-bond donors (Lipinski definition) is 2. The van der Waals surface area contributed by atoms with Crippen molar-refractivity contribution in [1.82, 2.24) is 14.5 Å². The number of aliphatic hydroxyl groups excluding tert-OH is 1. The third-order valence-electron chi connectivity index (χ3n) is 3.57. The van der Waals surface area contributed by atoms with Gasteiger partial charge in [0.15, 0.2) is 5.82 Å². The second kappa shape index (κ2) is 3.70. The van der Waals surface area contributed by atoms with Crippen LogP contribution in [0, 0.1) is 5.41 Å². The first-order valence-corrected chi connectivity index (χ1v) is 5.85. The number of fused-ring (bicyclic) bond motifs is 1. The van der Waals surface area contributed by atoms with Crippen LogP contribution in [0.5, 0.6) is 0 Å². The first-order valence-electron chi connectivity index (χ1n) is 5.85. The summed E-state index contributed by atoms with van der Waals surface area (Å²) in [5.41, 5.74) is 2.04. The van der Waals surface area contributed by atoms with Crippen LogP contribution >= 0.6 is 0 Å². The van der Waals surface area contributed by atoms with Crippen LogP contribution in [0.3, 0.4) is 0 Å². The fourth-order valence-electron chi connectivity index (χ4n) is 2.03. The van der Waals surface area contributed by atoms with Crippen LogP contribution in [0.2, 0.25) is 0 Å². The van der Waals surface area contributed by atoms with Gasteiger partial charge in [-0.1, -0.05) is 0 Å². The molecule has 2 heterocycles. The summed E-state index contributed by atoms with van der Waals surface area (Å²) in [5.74, 6) is 0.808. The SMILES string of the molecule is Cn1cnc2c(NCC3(CO)CC3)nccc21. The molecule has 0 saturated heterocycles. The predicted molar refractivity (Wildman–Crippen MR) is 65.8 cm³/mol. The zero-order chi connectivity index (χ0) is 11.9. The Balaban J connectivity index is 1.85. The Morgan fingerprint density at radius 1 is 1.47 bits per heavy atom. The summed E-state index contributed by atoms with van der Waals surface area (Å²) in [4.78, 5) is 8.66. The number of anilines is 1. The Labute approximate surface area is 99.5 Å². The molecule has 1 saturated carbocycles. The van der Waals surface area contributed by atoms with Crippen molar-refractivity contribution in [2.75, 3.05) is 18.5 Å². The highest BCUT2D eigenvalue weighted by Gasteiger charge is 2.41. The van der Waals surface area contributed by atoms with Gasteiger partial charge in [0, 0.05) is 25.2 Å². The van der Waals surface area contributed by atoms with E-state index in [1.807, 2.05) is 17.7 Å². The smallest absolute Gasteiger partial charge is 0.154 e. The first-order chi connectivity index (χ1) is 8.24. The fraction of sp³-hybridized carbons (Fsp3) is 0.500. The van der Waals surface area contributed by atoms with Gasteiger partial charge in [0.1, 0.15) is 5.52 Å². The number of rotatable bonds is 4. The van der Waals surface area contributed by atoms with E-state index < -0.39 is 0 Å². The lowest BCUT2D eigenvalue weighted by atomic mass is 10.1. The Kier molecular flexibility index (Phi) is 2.29. The van der Waals surface area contributed by atoms with Gasteiger partial charge in [-0.2, -0.15) is 0 Å². The number of imidazole rings is 1. The molecule has 0 atom stereocenters. The Morgan fingerprint density at radius 2 is 2.29 bits per heavy atom. The summed E-state index contributed by atoms with van der Waals surface area (Å²) < 4.78 is 1.97. The molecule has 17 heavy (non-hydrogen) atoms. The number of aromatic nitrogens is 3. The number of hydrogen-bond acceptors (Lipinski definition) is 4. The molecule has 0 aliphatic heterocycles. The monoisotopic (exact) mass is 232 g/mol. The van der Waals surface area contributed by atoms with Gasteiger partial charge < -0.3 is 15.0 Å². The molecule has 0 amide bonds. The van der Waals surface area contributed by atoms with Crippen LogP contribution < -0.4 is 5.32 Å². The summed E-state index contributed by atoms with van der Waals surface area (Å²) in [7, 11) is 1.97. The Bertz CT molecular complexity index is 544. The summed E-state index contributed by atoms with van der Waals surface area (Å²) in [6.45, 7) is 1.02. The van der Waals surface area contributed by atoms with E-state index in [-0.39, 0.29) is 12.0 Å². The van der Waals surface area contributed by atoms with Crippen molar-refractivity contribution in [3.8, 4) is 0 Å². The van der Waals surface area contributed by atoms with Gasteiger partial charge in [0.2, 0.25) is 0 Å². The summed E-state index contributed by atoms with van der Waals surface area (Å²) >= 11 is 0. The number of nitrogens with one attached hydrogen (secondary N) is 1. The summed E-state index contributed by atoms with van der Waals surface area (Å²) in [6, 6.07) is 1.95. The van der Waals surface area contributed by atoms with E-state index >= 15 is 0 Å². The molecule has 2 N–H and O–H groups in total. The van der Waals surface area contributed by atoms with Gasteiger partial charge in [-0.3, -0.25) is 0 Å². The van der Waals surface area contributed by atoms with Crippen molar-refractivity contribution in [1.29, 1.82) is 0 Å². The second-order valence-corrected chi connectivity index (χ2v) is 4.89. The number of aryl methyl sites for hydroxylation is 1. The number of nitrogens with zero attached hydrogens (tertiary/aromatic N) is 3. The third kappa shape index (κ3) is 1.76. The van der Waals surface area contributed by atoms with Crippen LogP contribution in [0.4, 0.5) is 5.82 Å². The summed E-state index contributed by atoms with van der Waals surface area (Å²) in [5, 5.41) is 12.6. The lowest BCUT2D eigenvalue weighted by Gasteiger charge is -2.13. The molecule has 0 unspecified atom stereocenters. The van der Waals surface area contributed by atoms with Gasteiger partial charge >= 0.3 is 0 Å². The molecule has 5 nitrogen and oxygen atoms in total. The lowest BCUT2D eigenvalue weighted by Crippen LogP contribution is -2.19. The molecule has 0 radical (unpaired) electrons. The van der Waals surface area contributed by atoms with E-state index in [0.717, 1.165) is 36.2 Å². The van der Waals surface area contributed by atoms with Crippen molar-refractivity contribution in [3.63, 3.8) is 0 Å². The van der Waals surface area contributed by atoms with Crippen molar-refractivity contribution in [2.24, 2.45) is 12.5 Å². The average molecular weight is 232 g/mol. The van der Waals surface area contributed by atoms with Crippen molar-refractivity contribution in [3.05, 3.63) is 18.6 Å². The molecular formula is C12H16N4O. The first kappa shape index (κ1) is 10.5. The topological polar surface area (TPSA) is 63.0 Å². The van der Waals surface area contributed by atoms with Gasteiger partial charge in [-0.25, -0.2) is 9.97 Å². The predicted octanol–water partition coefficient (Wildman–Crippen LogP) is 1.15. The standard InChI is InChI=1S/C12H16N4O/c1-16-8-15-10-9(16)2-5-13-11(10)14-6-12(7-17)3-4-12/h2,5,8,17H,3-4,6-7H2,1H3,(H,13,14). The van der Waals surface area contributed by atoms with Crippen molar-refractivity contribution < 1.29 is 5.11 Å². The molecule has 1 fully saturated rings. The molecule has 2 aromatic rings. The molecule has 0 aromatic carbocycles. The Morgan fingerprint density at radius 3 is 3.00 bits per heavy atom. The normalized spacial score (nSPS) is 17.3. The van der Waals surface area contributed by atoms with E-state index in [1.165, 1.54) is 0 Å². The highest BCUT2D eigenvalue weighted by molar-refractivity contribution is 5.85. The van der Waals surface area contributed by atoms with Crippen LogP contribution in [0.15, 0.2) is 18.6 Å². The van der Waals surface area contributed by atoms with Gasteiger partial charge in [0.05, 0.1) is 18.5 Å². The van der Waals surface area contributed by atoms with Crippen LogP contribution in [0.1, 0.15) is 12.8 Å². The molecule has 5 heteroatoms. The van der Waals surface area contributed by atoms with Crippen LogP contribution in [0.25, 0.3) is 11.0 Å². The molecule has 2 aromatic heterocycles. The van der Waals surface area contributed by atoms with E-state index in [9.17, 15) is 5.11 Å². The zero-order valence-electron chi connectivity index (χ0n) is 9.85. The van der Waals surface area contributed by atoms with Gasteiger partial charge in [-0.05, 0) is 18.9 Å². The molecule has 1 aliphatic rings. The van der Waals surface area contributed by atoms with Crippen LogP contribution in [-0.4, -0.2) is 32.8 Å². The van der Waals surface area contributed by atoms with Crippen molar-refractivity contribution >= 4 is 16.9 Å². The fourth-order valence-corrected chi connectivity index (χ4v) is 2.03. The van der Waals surface area contributed by atoms with E-state index in [4.69, 9.17) is 0 Å². The Hall–Kier alpha value is -1.62. The van der Waals surface area contributed by atoms with Gasteiger partial charge in [0.25, 0.3) is 0 Å². The average Bonchev–Trinajstić information content (AvgIpc) is 3.05. The summed E-state index contributed by atoms with van der Waals surface area (Å²) in [6.07, 6.45) is 5.75. The number of pyridine rings is 1. The maximum atomic E-state index is 9.27. The minimum Gasteiger partial charge on any atom is -0.396 e. The highest BCUT2D eigenvalue weighted by atomic mass is 16.3. The molecule has 0 bridgehead atoms. The highest BCUT2D eigenvalue weighted by Crippen LogP contribution is 2.45. The quantitative estimate of drug-likeness (QED) is 0.830. The second-order valence-electron chi connectivity index (χ2n) is 4.89. The van der Waals surface area contributed by atoms with Gasteiger partial charge in [-0.15, -0.1) is 0 Å². The van der Waals surface area contributed by atoms with Crippen molar-refractivity contribution in [2.45, 2.75) is 12.8 Å². The lowest BCUT2D eigenvalue weighted by molar-refractivity contribution is 0.219. The molecule has 1 aliphatic carbocycles.